The molecular weight excluding hydrogens is 403 g/mol. The van der Waals surface area contributed by atoms with Crippen LogP contribution in [0.15, 0.2) is 34.7 Å². The lowest BCUT2D eigenvalue weighted by Gasteiger charge is -2.25. The van der Waals surface area contributed by atoms with Crippen molar-refractivity contribution < 1.29 is 27.4 Å². The van der Waals surface area contributed by atoms with Crippen LogP contribution in [0.1, 0.15) is 24.2 Å². The maximum absolute atomic E-state index is 12.7. The number of fused-ring (bicyclic) bond motifs is 1. The van der Waals surface area contributed by atoms with Crippen LogP contribution in [0.3, 0.4) is 0 Å². The molecule has 0 saturated carbocycles. The van der Waals surface area contributed by atoms with Crippen LogP contribution < -0.4 is 15.4 Å². The Morgan fingerprint density at radius 3 is 2.87 bits per heavy atom. The molecule has 0 fully saturated rings. The van der Waals surface area contributed by atoms with Crippen molar-refractivity contribution in [2.24, 2.45) is 4.99 Å². The highest BCUT2D eigenvalue weighted by Gasteiger charge is 2.24. The first kappa shape index (κ1) is 21.5. The van der Waals surface area contributed by atoms with Gasteiger partial charge in [-0.15, -0.1) is 0 Å². The molecular formula is C19H22F3N5O3. The van der Waals surface area contributed by atoms with Crippen LogP contribution >= 0.6 is 0 Å². The number of pyridine rings is 1. The molecule has 1 aliphatic heterocycles. The molecule has 2 aromatic rings. The Labute approximate surface area is 170 Å². The fourth-order valence-corrected chi connectivity index (χ4v) is 3.14. The van der Waals surface area contributed by atoms with Crippen LogP contribution in [-0.4, -0.2) is 54.5 Å². The quantitative estimate of drug-likeness (QED) is 0.712. The number of aromatic nitrogens is 2. The fraction of sp³-hybridized carbons (Fsp3) is 0.421. The van der Waals surface area contributed by atoms with Crippen LogP contribution in [0.5, 0.6) is 5.75 Å². The van der Waals surface area contributed by atoms with Gasteiger partial charge in [0, 0.05) is 30.1 Å². The van der Waals surface area contributed by atoms with E-state index >= 15 is 0 Å². The van der Waals surface area contributed by atoms with E-state index in [0.717, 1.165) is 0 Å². The van der Waals surface area contributed by atoms with Gasteiger partial charge in [-0.25, -0.2) is 14.4 Å². The topological polar surface area (TPSA) is 89.8 Å². The van der Waals surface area contributed by atoms with Gasteiger partial charge in [0.05, 0.1) is 30.9 Å². The molecule has 0 bridgehead atoms. The van der Waals surface area contributed by atoms with Gasteiger partial charge in [-0.3, -0.25) is 4.79 Å². The minimum absolute atomic E-state index is 0.115. The number of hydrogen-bond donors (Lipinski definition) is 2. The van der Waals surface area contributed by atoms with Crippen molar-refractivity contribution in [1.82, 2.24) is 20.2 Å². The number of carbonyl (C=O) groups is 1. The van der Waals surface area contributed by atoms with Gasteiger partial charge in [-0.05, 0) is 13.8 Å². The van der Waals surface area contributed by atoms with E-state index in [0.29, 0.717) is 28.1 Å². The average Bonchev–Trinajstić information content (AvgIpc) is 3.06. The molecule has 0 saturated heterocycles. The van der Waals surface area contributed by atoms with E-state index in [2.05, 4.69) is 25.3 Å². The number of carbonyl (C=O) groups excluding carboxylic acids is 1. The van der Waals surface area contributed by atoms with Gasteiger partial charge >= 0.3 is 6.61 Å². The first-order chi connectivity index (χ1) is 14.3. The van der Waals surface area contributed by atoms with E-state index in [9.17, 15) is 18.0 Å². The molecule has 1 amide bonds. The number of hydrogen-bond acceptors (Lipinski definition) is 6. The Morgan fingerprint density at radius 1 is 1.43 bits per heavy atom. The lowest BCUT2D eigenvalue weighted by Crippen LogP contribution is -2.34. The monoisotopic (exact) mass is 425 g/mol. The van der Waals surface area contributed by atoms with E-state index in [-0.39, 0.29) is 24.6 Å². The van der Waals surface area contributed by atoms with Crippen molar-refractivity contribution in [2.45, 2.75) is 33.2 Å². The number of aliphatic imine (C=N–C) groups is 1. The minimum Gasteiger partial charge on any atom is -0.495 e. The number of halogens is 3. The third-order valence-electron chi connectivity index (χ3n) is 4.55. The van der Waals surface area contributed by atoms with Crippen LogP contribution in [0.4, 0.5) is 13.2 Å². The number of amides is 1. The van der Waals surface area contributed by atoms with Gasteiger partial charge in [0.25, 0.3) is 5.91 Å². The number of nitrogens with zero attached hydrogens (tertiary/aromatic N) is 3. The van der Waals surface area contributed by atoms with E-state index in [4.69, 9.17) is 4.74 Å². The Balaban J connectivity index is 2.02. The number of rotatable bonds is 7. The second kappa shape index (κ2) is 9.06. The molecule has 2 aromatic heterocycles. The zero-order chi connectivity index (χ0) is 21.8. The lowest BCUT2D eigenvalue weighted by molar-refractivity contribution is -0.0606. The summed E-state index contributed by atoms with van der Waals surface area (Å²) in [5, 5.41) is 5.61. The molecule has 3 rings (SSSR count). The molecule has 2 N–H and O–H groups in total. The summed E-state index contributed by atoms with van der Waals surface area (Å²) in [5.74, 6) is -0.121. The Bertz CT molecular complexity index is 1000. The first-order valence-corrected chi connectivity index (χ1v) is 9.20. The van der Waals surface area contributed by atoms with Crippen LogP contribution in [-0.2, 0) is 11.3 Å². The number of allylic oxidation sites excluding steroid dienone is 1. The van der Waals surface area contributed by atoms with Crippen LogP contribution in [0.2, 0.25) is 0 Å². The molecule has 0 radical (unpaired) electrons. The highest BCUT2D eigenvalue weighted by atomic mass is 19.3. The highest BCUT2D eigenvalue weighted by molar-refractivity contribution is 6.05. The van der Waals surface area contributed by atoms with Crippen LogP contribution in [0, 0.1) is 0 Å². The summed E-state index contributed by atoms with van der Waals surface area (Å²) in [5.41, 5.74) is 2.29. The summed E-state index contributed by atoms with van der Waals surface area (Å²) in [6, 6.07) is 1.71. The Kier molecular flexibility index (Phi) is 6.48. The summed E-state index contributed by atoms with van der Waals surface area (Å²) in [7, 11) is 1.49. The molecule has 30 heavy (non-hydrogen) atoms. The summed E-state index contributed by atoms with van der Waals surface area (Å²) in [4.78, 5) is 20.8. The van der Waals surface area contributed by atoms with Crippen LogP contribution in [0.25, 0.3) is 11.0 Å². The van der Waals surface area contributed by atoms with Gasteiger partial charge in [-0.1, -0.05) is 0 Å². The molecule has 11 heteroatoms. The standard InChI is InChI=1S/C19H22F3N5O3/c1-10-14(25-11(2)26-18(10)30-19(21)22)9-27-8-13(17(28)23-5-4-20)16-15(27)6-12(29-3)7-24-16/h6-8,11,19,25H,4-5,9H2,1-3H3,(H,23,28). The maximum Gasteiger partial charge on any atom is 0.388 e. The smallest absolute Gasteiger partial charge is 0.388 e. The molecule has 162 valence electrons. The molecule has 0 aromatic carbocycles. The predicted molar refractivity (Wildman–Crippen MR) is 104 cm³/mol. The van der Waals surface area contributed by atoms with Gasteiger partial charge in [0.2, 0.25) is 5.90 Å². The highest BCUT2D eigenvalue weighted by Crippen LogP contribution is 2.26. The van der Waals surface area contributed by atoms with E-state index in [1.807, 2.05) is 0 Å². The molecule has 1 atom stereocenters. The summed E-state index contributed by atoms with van der Waals surface area (Å²) in [6.07, 6.45) is 2.58. The van der Waals surface area contributed by atoms with Crippen molar-refractivity contribution >= 4 is 22.8 Å². The number of ether oxygens (including phenoxy) is 2. The molecule has 1 aliphatic rings. The average molecular weight is 425 g/mol. The van der Waals surface area contributed by atoms with Crippen molar-refractivity contribution in [2.75, 3.05) is 20.3 Å². The van der Waals surface area contributed by atoms with E-state index < -0.39 is 25.4 Å². The molecule has 1 unspecified atom stereocenters. The van der Waals surface area contributed by atoms with E-state index in [1.165, 1.54) is 13.3 Å². The predicted octanol–water partition coefficient (Wildman–Crippen LogP) is 2.61. The first-order valence-electron chi connectivity index (χ1n) is 9.20. The maximum atomic E-state index is 12.7. The number of methoxy groups -OCH3 is 1. The lowest BCUT2D eigenvalue weighted by atomic mass is 10.2. The van der Waals surface area contributed by atoms with Gasteiger partial charge < -0.3 is 24.7 Å². The van der Waals surface area contributed by atoms with Crippen molar-refractivity contribution in [3.8, 4) is 5.75 Å². The van der Waals surface area contributed by atoms with Crippen molar-refractivity contribution in [3.05, 3.63) is 35.3 Å². The third-order valence-corrected chi connectivity index (χ3v) is 4.55. The largest absolute Gasteiger partial charge is 0.495 e. The van der Waals surface area contributed by atoms with E-state index in [1.54, 1.807) is 30.7 Å². The minimum atomic E-state index is -2.99. The van der Waals surface area contributed by atoms with Gasteiger partial charge in [-0.2, -0.15) is 8.78 Å². The number of nitrogens with one attached hydrogen (secondary N) is 2. The molecule has 3 heterocycles. The van der Waals surface area contributed by atoms with Crippen molar-refractivity contribution in [3.63, 3.8) is 0 Å². The Hall–Kier alpha value is -3.24. The zero-order valence-corrected chi connectivity index (χ0v) is 16.7. The summed E-state index contributed by atoms with van der Waals surface area (Å²) in [6.45, 7) is -0.257. The fourth-order valence-electron chi connectivity index (χ4n) is 3.14. The summed E-state index contributed by atoms with van der Waals surface area (Å²) >= 11 is 0. The number of alkyl halides is 3. The zero-order valence-electron chi connectivity index (χ0n) is 16.7. The molecule has 0 aliphatic carbocycles. The Morgan fingerprint density at radius 2 is 2.20 bits per heavy atom. The van der Waals surface area contributed by atoms with Gasteiger partial charge in [0.1, 0.15) is 24.1 Å². The SMILES string of the molecule is COc1cnc2c(C(=O)NCCF)cn(CC3=C(C)C(OC(F)F)=NC(C)N3)c2c1. The van der Waals surface area contributed by atoms with Gasteiger partial charge in [0.15, 0.2) is 0 Å². The molecule has 8 nitrogen and oxygen atoms in total. The van der Waals surface area contributed by atoms with Crippen molar-refractivity contribution in [1.29, 1.82) is 0 Å². The second-order valence-electron chi connectivity index (χ2n) is 6.60. The third kappa shape index (κ3) is 4.50. The second-order valence-corrected chi connectivity index (χ2v) is 6.60. The molecule has 0 spiro atoms. The summed E-state index contributed by atoms with van der Waals surface area (Å²) < 4.78 is 49.4. The normalized spacial score (nSPS) is 16.5.